The van der Waals surface area contributed by atoms with Crippen LogP contribution in [0.1, 0.15) is 5.01 Å². The van der Waals surface area contributed by atoms with Gasteiger partial charge < -0.3 is 5.32 Å². The molecule has 0 aliphatic heterocycles. The fraction of sp³-hybridized carbons (Fsp3) is 0.0588. The number of halogens is 2. The van der Waals surface area contributed by atoms with Crippen molar-refractivity contribution in [1.29, 1.82) is 0 Å². The summed E-state index contributed by atoms with van der Waals surface area (Å²) in [6, 6.07) is 14.6. The Morgan fingerprint density at radius 2 is 1.91 bits per heavy atom. The summed E-state index contributed by atoms with van der Waals surface area (Å²) in [5.74, 6) is -0.0979. The number of nitrogens with zero attached hydrogens (tertiary/aromatic N) is 1. The van der Waals surface area contributed by atoms with Gasteiger partial charge in [0.2, 0.25) is 5.91 Å². The largest absolute Gasteiger partial charge is 0.326 e. The quantitative estimate of drug-likeness (QED) is 0.684. The molecule has 0 atom stereocenters. The van der Waals surface area contributed by atoms with Gasteiger partial charge in [-0.15, -0.1) is 11.3 Å². The molecule has 1 N–H and O–H groups in total. The lowest BCUT2D eigenvalue weighted by atomic mass is 10.2. The molecule has 0 bridgehead atoms. The minimum Gasteiger partial charge on any atom is -0.326 e. The highest BCUT2D eigenvalue weighted by atomic mass is 35.5. The molecule has 0 aliphatic carbocycles. The molecule has 0 spiro atoms. The van der Waals surface area contributed by atoms with Crippen molar-refractivity contribution in [3.05, 3.63) is 69.0 Å². The minimum atomic E-state index is -0.0979. The third kappa shape index (κ3) is 4.10. The highest BCUT2D eigenvalue weighted by molar-refractivity contribution is 7.10. The van der Waals surface area contributed by atoms with Gasteiger partial charge in [0.25, 0.3) is 0 Å². The van der Waals surface area contributed by atoms with Crippen LogP contribution in [-0.4, -0.2) is 10.9 Å². The van der Waals surface area contributed by atoms with Gasteiger partial charge in [0.15, 0.2) is 0 Å². The third-order valence-electron chi connectivity index (χ3n) is 3.13. The second-order valence-electron chi connectivity index (χ2n) is 4.84. The van der Waals surface area contributed by atoms with E-state index in [1.807, 2.05) is 41.8 Å². The first-order valence-corrected chi connectivity index (χ1v) is 8.50. The van der Waals surface area contributed by atoms with Crippen LogP contribution in [0.4, 0.5) is 5.69 Å². The number of carbonyl (C=O) groups is 1. The molecule has 1 heterocycles. The van der Waals surface area contributed by atoms with Crippen molar-refractivity contribution < 1.29 is 4.79 Å². The fourth-order valence-electron chi connectivity index (χ4n) is 2.08. The molecule has 1 aromatic heterocycles. The van der Waals surface area contributed by atoms with Crippen LogP contribution in [0, 0.1) is 0 Å². The number of thiazole rings is 1. The molecule has 3 rings (SSSR count). The second-order valence-corrected chi connectivity index (χ2v) is 6.63. The van der Waals surface area contributed by atoms with Crippen molar-refractivity contribution in [2.75, 3.05) is 5.32 Å². The van der Waals surface area contributed by atoms with Crippen molar-refractivity contribution in [2.24, 2.45) is 0 Å². The standard InChI is InChI=1S/C17H12Cl2N2OS/c18-11-6-7-13(14(19)8-11)15-10-23-17(21-15)9-16(22)20-12-4-2-1-3-5-12/h1-8,10H,9H2,(H,20,22). The molecule has 23 heavy (non-hydrogen) atoms. The second kappa shape index (κ2) is 7.13. The highest BCUT2D eigenvalue weighted by Gasteiger charge is 2.11. The number of hydrogen-bond acceptors (Lipinski definition) is 3. The molecule has 1 amide bonds. The number of hydrogen-bond donors (Lipinski definition) is 1. The van der Waals surface area contributed by atoms with Crippen LogP contribution < -0.4 is 5.32 Å². The minimum absolute atomic E-state index is 0.0979. The van der Waals surface area contributed by atoms with Crippen LogP contribution in [0.5, 0.6) is 0 Å². The first-order chi connectivity index (χ1) is 11.1. The third-order valence-corrected chi connectivity index (χ3v) is 4.52. The summed E-state index contributed by atoms with van der Waals surface area (Å²) >= 11 is 13.5. The Bertz CT molecular complexity index is 834. The maximum absolute atomic E-state index is 12.1. The summed E-state index contributed by atoms with van der Waals surface area (Å²) in [4.78, 5) is 16.5. The van der Waals surface area contributed by atoms with Crippen LogP contribution in [0.2, 0.25) is 10.0 Å². The van der Waals surface area contributed by atoms with E-state index in [0.29, 0.717) is 10.0 Å². The summed E-state index contributed by atoms with van der Waals surface area (Å²) in [6.07, 6.45) is 0.227. The summed E-state index contributed by atoms with van der Waals surface area (Å²) < 4.78 is 0. The molecule has 3 aromatic rings. The molecule has 0 aliphatic rings. The molecular formula is C17H12Cl2N2OS. The van der Waals surface area contributed by atoms with Crippen molar-refractivity contribution in [3.63, 3.8) is 0 Å². The van der Waals surface area contributed by atoms with E-state index in [1.54, 1.807) is 12.1 Å². The van der Waals surface area contributed by atoms with E-state index in [1.165, 1.54) is 11.3 Å². The van der Waals surface area contributed by atoms with Gasteiger partial charge in [-0.2, -0.15) is 0 Å². The normalized spacial score (nSPS) is 10.5. The molecular weight excluding hydrogens is 351 g/mol. The number of rotatable bonds is 4. The summed E-state index contributed by atoms with van der Waals surface area (Å²) in [5.41, 5.74) is 2.33. The number of amides is 1. The van der Waals surface area contributed by atoms with E-state index in [4.69, 9.17) is 23.2 Å². The zero-order chi connectivity index (χ0) is 16.2. The lowest BCUT2D eigenvalue weighted by Crippen LogP contribution is -2.14. The van der Waals surface area contributed by atoms with E-state index in [9.17, 15) is 4.79 Å². The summed E-state index contributed by atoms with van der Waals surface area (Å²) in [7, 11) is 0. The molecule has 0 unspecified atom stereocenters. The number of carbonyl (C=O) groups excluding carboxylic acids is 1. The van der Waals surface area contributed by atoms with Gasteiger partial charge in [-0.25, -0.2) is 4.98 Å². The SMILES string of the molecule is O=C(Cc1nc(-c2ccc(Cl)cc2Cl)cs1)Nc1ccccc1. The van der Waals surface area contributed by atoms with Crippen LogP contribution in [0.3, 0.4) is 0 Å². The number of para-hydroxylation sites is 1. The maximum atomic E-state index is 12.1. The number of anilines is 1. The molecule has 3 nitrogen and oxygen atoms in total. The summed E-state index contributed by atoms with van der Waals surface area (Å²) in [5, 5.41) is 6.59. The van der Waals surface area contributed by atoms with Crippen molar-refractivity contribution in [2.45, 2.75) is 6.42 Å². The predicted molar refractivity (Wildman–Crippen MR) is 96.3 cm³/mol. The molecule has 6 heteroatoms. The van der Waals surface area contributed by atoms with Crippen LogP contribution >= 0.6 is 34.5 Å². The lowest BCUT2D eigenvalue weighted by Gasteiger charge is -2.03. The van der Waals surface area contributed by atoms with Gasteiger partial charge in [-0.3, -0.25) is 4.79 Å². The average molecular weight is 363 g/mol. The number of benzene rings is 2. The van der Waals surface area contributed by atoms with E-state index >= 15 is 0 Å². The fourth-order valence-corrected chi connectivity index (χ4v) is 3.38. The monoisotopic (exact) mass is 362 g/mol. The Balaban J connectivity index is 1.71. The molecule has 2 aromatic carbocycles. The molecule has 0 fully saturated rings. The lowest BCUT2D eigenvalue weighted by molar-refractivity contribution is -0.115. The van der Waals surface area contributed by atoms with Crippen LogP contribution in [0.25, 0.3) is 11.3 Å². The molecule has 0 radical (unpaired) electrons. The maximum Gasteiger partial charge on any atom is 0.231 e. The Labute approximate surface area is 147 Å². The van der Waals surface area contributed by atoms with Crippen LogP contribution in [-0.2, 0) is 11.2 Å². The molecule has 0 saturated carbocycles. The van der Waals surface area contributed by atoms with E-state index < -0.39 is 0 Å². The van der Waals surface area contributed by atoms with E-state index in [0.717, 1.165) is 22.0 Å². The van der Waals surface area contributed by atoms with Gasteiger partial charge in [0.1, 0.15) is 5.01 Å². The Kier molecular flexibility index (Phi) is 4.96. The molecule has 116 valence electrons. The molecule has 0 saturated heterocycles. The van der Waals surface area contributed by atoms with Crippen molar-refractivity contribution in [1.82, 2.24) is 4.98 Å². The average Bonchev–Trinajstić information content (AvgIpc) is 2.96. The zero-order valence-electron chi connectivity index (χ0n) is 11.9. The first kappa shape index (κ1) is 16.0. The Hall–Kier alpha value is -1.88. The smallest absolute Gasteiger partial charge is 0.231 e. The van der Waals surface area contributed by atoms with Gasteiger partial charge in [-0.1, -0.05) is 41.4 Å². The number of aromatic nitrogens is 1. The van der Waals surface area contributed by atoms with Gasteiger partial charge in [-0.05, 0) is 30.3 Å². The van der Waals surface area contributed by atoms with Gasteiger partial charge in [0, 0.05) is 21.7 Å². The van der Waals surface area contributed by atoms with Gasteiger partial charge >= 0.3 is 0 Å². The van der Waals surface area contributed by atoms with Crippen molar-refractivity contribution >= 4 is 46.1 Å². The predicted octanol–water partition coefficient (Wildman–Crippen LogP) is 5.30. The Morgan fingerprint density at radius 1 is 1.13 bits per heavy atom. The first-order valence-electron chi connectivity index (χ1n) is 6.86. The number of nitrogens with one attached hydrogen (secondary N) is 1. The van der Waals surface area contributed by atoms with Crippen molar-refractivity contribution in [3.8, 4) is 11.3 Å². The summed E-state index contributed by atoms with van der Waals surface area (Å²) in [6.45, 7) is 0. The van der Waals surface area contributed by atoms with Crippen LogP contribution in [0.15, 0.2) is 53.9 Å². The highest BCUT2D eigenvalue weighted by Crippen LogP contribution is 2.31. The van der Waals surface area contributed by atoms with Gasteiger partial charge in [0.05, 0.1) is 17.1 Å². The van der Waals surface area contributed by atoms with E-state index in [2.05, 4.69) is 10.3 Å². The zero-order valence-corrected chi connectivity index (χ0v) is 14.3. The topological polar surface area (TPSA) is 42.0 Å². The van der Waals surface area contributed by atoms with E-state index in [-0.39, 0.29) is 12.3 Å². The Morgan fingerprint density at radius 3 is 2.65 bits per heavy atom.